The van der Waals surface area contributed by atoms with Gasteiger partial charge in [-0.05, 0) is 76.1 Å². The first kappa shape index (κ1) is 30.0. The molecule has 3 atom stereocenters. The molecule has 1 fully saturated rings. The molecule has 1 aliphatic rings. The smallest absolute Gasteiger partial charge is 0.359 e. The average molecular weight is 582 g/mol. The fourth-order valence-electron chi connectivity index (χ4n) is 4.14. The van der Waals surface area contributed by atoms with Crippen molar-refractivity contribution in [2.45, 2.75) is 89.4 Å². The summed E-state index contributed by atoms with van der Waals surface area (Å²) < 4.78 is 14.1. The van der Waals surface area contributed by atoms with Crippen LogP contribution in [0.5, 0.6) is 0 Å². The van der Waals surface area contributed by atoms with E-state index in [1.807, 2.05) is 31.2 Å². The molecule has 2 aromatic rings. The molecule has 1 aromatic carbocycles. The standard InChI is InChI=1S/C26H37N2O5S3Si/c1-15(29)19(22(31)32-25(5,6)7)28-20(30)18(26(8,24(2,3)4)33-37(9)10)21(28)35-36-23-27-16-13-11-12-14-17(16)34-23/h11-14,18,21,29H,1-10H3/b19-15+/t18?,21?,26-/m0/s1. The van der Waals surface area contributed by atoms with Crippen molar-refractivity contribution >= 4 is 64.1 Å². The van der Waals surface area contributed by atoms with Crippen LogP contribution in [0.25, 0.3) is 10.2 Å². The van der Waals surface area contributed by atoms with Crippen LogP contribution in [0.4, 0.5) is 0 Å². The lowest BCUT2D eigenvalue weighted by Gasteiger charge is -2.57. The highest BCUT2D eigenvalue weighted by Gasteiger charge is 2.63. The minimum Gasteiger partial charge on any atom is -0.510 e. The molecule has 2 heterocycles. The zero-order valence-electron chi connectivity index (χ0n) is 23.2. The first-order chi connectivity index (χ1) is 17.0. The number of esters is 1. The van der Waals surface area contributed by atoms with Gasteiger partial charge in [-0.1, -0.05) is 43.7 Å². The van der Waals surface area contributed by atoms with Gasteiger partial charge >= 0.3 is 5.97 Å². The Balaban J connectivity index is 2.02. The van der Waals surface area contributed by atoms with Crippen molar-refractivity contribution in [2.75, 3.05) is 0 Å². The number of amides is 1. The van der Waals surface area contributed by atoms with Crippen molar-refractivity contribution < 1.29 is 23.9 Å². The minimum atomic E-state index is -1.17. The van der Waals surface area contributed by atoms with E-state index >= 15 is 0 Å². The molecule has 37 heavy (non-hydrogen) atoms. The number of nitrogens with zero attached hydrogens (tertiary/aromatic N) is 2. The summed E-state index contributed by atoms with van der Waals surface area (Å²) in [6.07, 6.45) is 0. The van der Waals surface area contributed by atoms with Gasteiger partial charge in [0.2, 0.25) is 14.9 Å². The van der Waals surface area contributed by atoms with Gasteiger partial charge in [0.25, 0.3) is 0 Å². The zero-order chi connectivity index (χ0) is 27.9. The van der Waals surface area contributed by atoms with Crippen molar-refractivity contribution in [1.82, 2.24) is 9.88 Å². The van der Waals surface area contributed by atoms with Crippen molar-refractivity contribution in [3.05, 3.63) is 35.7 Å². The van der Waals surface area contributed by atoms with E-state index in [9.17, 15) is 14.7 Å². The van der Waals surface area contributed by atoms with Crippen LogP contribution in [0.3, 0.4) is 0 Å². The molecule has 3 rings (SSSR count). The highest BCUT2D eigenvalue weighted by molar-refractivity contribution is 8.77. The van der Waals surface area contributed by atoms with E-state index in [-0.39, 0.29) is 22.8 Å². The molecule has 0 spiro atoms. The lowest BCUT2D eigenvalue weighted by atomic mass is 9.66. The summed E-state index contributed by atoms with van der Waals surface area (Å²) in [6.45, 7) is 19.0. The van der Waals surface area contributed by atoms with Crippen LogP contribution >= 0.6 is 32.9 Å². The van der Waals surface area contributed by atoms with E-state index in [1.165, 1.54) is 33.4 Å². The Morgan fingerprint density at radius 2 is 1.76 bits per heavy atom. The fraction of sp³-hybridized carbons (Fsp3) is 0.577. The lowest BCUT2D eigenvalue weighted by molar-refractivity contribution is -0.177. The summed E-state index contributed by atoms with van der Waals surface area (Å²) in [6, 6.07) is 7.93. The second-order valence-electron chi connectivity index (χ2n) is 11.5. The van der Waals surface area contributed by atoms with Gasteiger partial charge in [0.15, 0.2) is 10.0 Å². The van der Waals surface area contributed by atoms with E-state index in [4.69, 9.17) is 14.1 Å². The van der Waals surface area contributed by atoms with Crippen LogP contribution in [-0.4, -0.2) is 52.5 Å². The van der Waals surface area contributed by atoms with Gasteiger partial charge in [-0.3, -0.25) is 9.69 Å². The number of hydrogen-bond donors (Lipinski definition) is 1. The molecular formula is C26H37N2O5S3Si. The summed E-state index contributed by atoms with van der Waals surface area (Å²) in [5.74, 6) is -1.80. The van der Waals surface area contributed by atoms with E-state index in [1.54, 1.807) is 32.1 Å². The predicted molar refractivity (Wildman–Crippen MR) is 155 cm³/mol. The van der Waals surface area contributed by atoms with E-state index in [0.717, 1.165) is 14.6 Å². The molecule has 7 nitrogen and oxygen atoms in total. The highest BCUT2D eigenvalue weighted by Crippen LogP contribution is 2.55. The highest BCUT2D eigenvalue weighted by atomic mass is 33.1. The van der Waals surface area contributed by atoms with Gasteiger partial charge in [0.05, 0.1) is 21.7 Å². The van der Waals surface area contributed by atoms with Gasteiger partial charge < -0.3 is 14.3 Å². The zero-order valence-corrected chi connectivity index (χ0v) is 26.6. The molecular weight excluding hydrogens is 545 g/mol. The predicted octanol–water partition coefficient (Wildman–Crippen LogP) is 7.02. The number of rotatable bonds is 8. The van der Waals surface area contributed by atoms with E-state index in [0.29, 0.717) is 0 Å². The number of ether oxygens (including phenoxy) is 1. The maximum atomic E-state index is 13.9. The topological polar surface area (TPSA) is 89.0 Å². The molecule has 11 heteroatoms. The Labute approximate surface area is 233 Å². The van der Waals surface area contributed by atoms with Crippen LogP contribution in [0.2, 0.25) is 13.1 Å². The number of benzene rings is 1. The third kappa shape index (κ3) is 6.38. The SMILES string of the molecule is C/C(O)=C(/C(=O)OC(C)(C)C)N1C(=O)C([C@](C)(O[Si](C)C)C(C)(C)C)C1SSc1nc2ccccc2s1. The Bertz CT molecular complexity index is 1160. The number of fused-ring (bicyclic) bond motifs is 1. The monoisotopic (exact) mass is 581 g/mol. The number of aliphatic hydroxyl groups excluding tert-OH is 1. The van der Waals surface area contributed by atoms with Crippen molar-refractivity contribution in [2.24, 2.45) is 11.3 Å². The number of thiazole rings is 1. The number of carbonyl (C=O) groups excluding carboxylic acids is 2. The minimum absolute atomic E-state index is 0.131. The second kappa shape index (κ2) is 10.9. The Hall–Kier alpha value is -1.53. The van der Waals surface area contributed by atoms with Gasteiger partial charge in [-0.15, -0.1) is 11.3 Å². The van der Waals surface area contributed by atoms with E-state index < -0.39 is 37.5 Å². The number of carbonyl (C=O) groups is 2. The summed E-state index contributed by atoms with van der Waals surface area (Å²) >= 11 is 1.58. The molecule has 0 aliphatic carbocycles. The van der Waals surface area contributed by atoms with Gasteiger partial charge in [-0.25, -0.2) is 9.78 Å². The third-order valence-electron chi connectivity index (χ3n) is 6.21. The normalized spacial score (nSPS) is 21.1. The number of allylic oxidation sites excluding steroid dienone is 1. The molecule has 0 bridgehead atoms. The lowest BCUT2D eigenvalue weighted by Crippen LogP contribution is -2.70. The second-order valence-corrected chi connectivity index (χ2v) is 17.1. The molecule has 2 unspecified atom stereocenters. The first-order valence-corrected chi connectivity index (χ1v) is 17.5. The fourth-order valence-corrected chi connectivity index (χ4v) is 9.53. The number of hydrogen-bond acceptors (Lipinski definition) is 9. The molecule has 203 valence electrons. The molecule has 1 radical (unpaired) electrons. The maximum absolute atomic E-state index is 13.9. The number of β-lactam (4-membered cyclic amide) rings is 1. The first-order valence-electron chi connectivity index (χ1n) is 12.1. The molecule has 1 saturated heterocycles. The maximum Gasteiger partial charge on any atom is 0.359 e. The van der Waals surface area contributed by atoms with Crippen molar-refractivity contribution in [1.29, 1.82) is 0 Å². The van der Waals surface area contributed by atoms with Crippen LogP contribution in [0, 0.1) is 11.3 Å². The molecule has 1 amide bonds. The number of aromatic nitrogens is 1. The van der Waals surface area contributed by atoms with Crippen LogP contribution in [0.1, 0.15) is 55.4 Å². The van der Waals surface area contributed by atoms with Crippen molar-refractivity contribution in [3.63, 3.8) is 0 Å². The Kier molecular flexibility index (Phi) is 8.86. The Morgan fingerprint density at radius 1 is 1.14 bits per heavy atom. The summed E-state index contributed by atoms with van der Waals surface area (Å²) in [5, 5.41) is 10.1. The quantitative estimate of drug-likeness (QED) is 0.0888. The van der Waals surface area contributed by atoms with Gasteiger partial charge in [-0.2, -0.15) is 0 Å². The van der Waals surface area contributed by atoms with Gasteiger partial charge in [0, 0.05) is 0 Å². The molecule has 0 saturated carbocycles. The third-order valence-corrected chi connectivity index (χ3v) is 11.1. The average Bonchev–Trinajstić information content (AvgIpc) is 3.14. The van der Waals surface area contributed by atoms with Crippen molar-refractivity contribution in [3.8, 4) is 0 Å². The van der Waals surface area contributed by atoms with Crippen LogP contribution in [-0.2, 0) is 18.8 Å². The summed E-state index contributed by atoms with van der Waals surface area (Å²) in [7, 11) is 1.75. The number of likely N-dealkylation sites (tertiary alicyclic amines) is 1. The van der Waals surface area contributed by atoms with Crippen LogP contribution < -0.4 is 0 Å². The molecule has 1 aliphatic heterocycles. The van der Waals surface area contributed by atoms with E-state index in [2.05, 4.69) is 33.9 Å². The molecule has 1 N–H and O–H groups in total. The van der Waals surface area contributed by atoms with Gasteiger partial charge in [0.1, 0.15) is 16.7 Å². The number of para-hydroxylation sites is 1. The largest absolute Gasteiger partial charge is 0.510 e. The summed E-state index contributed by atoms with van der Waals surface area (Å²) in [4.78, 5) is 33.1. The number of aliphatic hydroxyl groups is 1. The molecule has 1 aromatic heterocycles. The Morgan fingerprint density at radius 3 is 2.27 bits per heavy atom. The van der Waals surface area contributed by atoms with Crippen LogP contribution in [0.15, 0.2) is 40.1 Å². The summed E-state index contributed by atoms with van der Waals surface area (Å²) in [5.41, 5.74) is -1.17.